The number of H-pyrrole nitrogens is 1. The molecule has 1 aromatic carbocycles. The van der Waals surface area contributed by atoms with Crippen LogP contribution in [0.3, 0.4) is 0 Å². The largest absolute Gasteiger partial charge is 0.383 e. The molecule has 0 radical (unpaired) electrons. The van der Waals surface area contributed by atoms with Gasteiger partial charge in [0.1, 0.15) is 23.7 Å². The van der Waals surface area contributed by atoms with Crippen molar-refractivity contribution in [3.63, 3.8) is 0 Å². The van der Waals surface area contributed by atoms with E-state index in [-0.39, 0.29) is 5.91 Å². The van der Waals surface area contributed by atoms with Gasteiger partial charge in [0, 0.05) is 18.4 Å². The Morgan fingerprint density at radius 3 is 3.00 bits per heavy atom. The van der Waals surface area contributed by atoms with Crippen LogP contribution in [0.1, 0.15) is 16.3 Å². The van der Waals surface area contributed by atoms with Crippen LogP contribution in [-0.4, -0.2) is 32.6 Å². The molecule has 4 N–H and O–H groups in total. The van der Waals surface area contributed by atoms with Crippen molar-refractivity contribution in [1.82, 2.24) is 25.5 Å². The van der Waals surface area contributed by atoms with Crippen molar-refractivity contribution in [3.05, 3.63) is 48.2 Å². The van der Waals surface area contributed by atoms with Gasteiger partial charge >= 0.3 is 0 Å². The fraction of sp³-hybridized carbons (Fsp3) is 0.143. The van der Waals surface area contributed by atoms with Crippen LogP contribution in [-0.2, 0) is 6.42 Å². The number of nitrogen functional groups attached to an aromatic ring is 1. The minimum absolute atomic E-state index is 0.257. The lowest BCUT2D eigenvalue weighted by molar-refractivity contribution is 0.0949. The number of amides is 1. The number of rotatable bonds is 4. The van der Waals surface area contributed by atoms with Crippen LogP contribution in [0.15, 0.2) is 36.7 Å². The van der Waals surface area contributed by atoms with Crippen molar-refractivity contribution >= 4 is 22.5 Å². The Balaban J connectivity index is 1.72. The summed E-state index contributed by atoms with van der Waals surface area (Å²) >= 11 is 0. The molecule has 106 valence electrons. The molecule has 0 aliphatic carbocycles. The van der Waals surface area contributed by atoms with Crippen molar-refractivity contribution < 1.29 is 4.79 Å². The molecule has 3 rings (SSSR count). The molecular formula is C14H14N6O. The minimum Gasteiger partial charge on any atom is -0.383 e. The molecule has 2 aromatic heterocycles. The highest BCUT2D eigenvalue weighted by Crippen LogP contribution is 2.19. The van der Waals surface area contributed by atoms with Gasteiger partial charge in [0.25, 0.3) is 5.91 Å². The first kappa shape index (κ1) is 13.0. The number of aromatic nitrogens is 4. The Kier molecular flexibility index (Phi) is 3.46. The average Bonchev–Trinajstić information content (AvgIpc) is 3.00. The second-order valence-corrected chi connectivity index (χ2v) is 4.55. The summed E-state index contributed by atoms with van der Waals surface area (Å²) in [5.74, 6) is 0.821. The fourth-order valence-corrected chi connectivity index (χ4v) is 2.08. The molecule has 0 spiro atoms. The summed E-state index contributed by atoms with van der Waals surface area (Å²) < 4.78 is 0. The molecule has 1 amide bonds. The van der Waals surface area contributed by atoms with Gasteiger partial charge in [-0.1, -0.05) is 24.3 Å². The number of hydrogen-bond donors (Lipinski definition) is 3. The van der Waals surface area contributed by atoms with Gasteiger partial charge in [-0.2, -0.15) is 5.10 Å². The number of nitrogens with zero attached hydrogens (tertiary/aromatic N) is 3. The Labute approximate surface area is 120 Å². The van der Waals surface area contributed by atoms with E-state index < -0.39 is 0 Å². The van der Waals surface area contributed by atoms with Crippen LogP contribution < -0.4 is 11.1 Å². The Hall–Kier alpha value is -2.96. The van der Waals surface area contributed by atoms with Crippen LogP contribution in [0.25, 0.3) is 10.8 Å². The summed E-state index contributed by atoms with van der Waals surface area (Å²) in [6, 6.07) is 9.29. The van der Waals surface area contributed by atoms with Crippen molar-refractivity contribution in [2.75, 3.05) is 12.3 Å². The summed E-state index contributed by atoms with van der Waals surface area (Å²) in [6.07, 6.45) is 2.01. The standard InChI is InChI=1S/C14H14N6O/c15-13-10-4-2-1-3-9(10)7-11(19-13)14(21)16-6-5-12-17-8-18-20-12/h1-4,7-8H,5-6H2,(H2,15,19)(H,16,21)(H,17,18,20). The maximum absolute atomic E-state index is 12.1. The third-order valence-corrected chi connectivity index (χ3v) is 3.11. The lowest BCUT2D eigenvalue weighted by Gasteiger charge is -2.07. The summed E-state index contributed by atoms with van der Waals surface area (Å²) in [4.78, 5) is 20.2. The first-order valence-electron chi connectivity index (χ1n) is 6.52. The van der Waals surface area contributed by atoms with Crippen molar-refractivity contribution in [2.45, 2.75) is 6.42 Å². The molecule has 0 bridgehead atoms. The third-order valence-electron chi connectivity index (χ3n) is 3.11. The van der Waals surface area contributed by atoms with Crippen molar-refractivity contribution in [2.24, 2.45) is 0 Å². The molecule has 21 heavy (non-hydrogen) atoms. The van der Waals surface area contributed by atoms with E-state index in [0.717, 1.165) is 16.6 Å². The topological polar surface area (TPSA) is 110 Å². The van der Waals surface area contributed by atoms with Crippen molar-refractivity contribution in [1.29, 1.82) is 0 Å². The monoisotopic (exact) mass is 282 g/mol. The number of pyridine rings is 1. The molecule has 0 saturated carbocycles. The highest BCUT2D eigenvalue weighted by molar-refractivity contribution is 5.99. The van der Waals surface area contributed by atoms with Crippen LogP contribution in [0.4, 0.5) is 5.82 Å². The highest BCUT2D eigenvalue weighted by Gasteiger charge is 2.10. The Bertz CT molecular complexity index is 768. The summed E-state index contributed by atoms with van der Waals surface area (Å²) in [5.41, 5.74) is 6.20. The van der Waals surface area contributed by atoms with E-state index in [0.29, 0.717) is 24.5 Å². The molecule has 7 heteroatoms. The summed E-state index contributed by atoms with van der Waals surface area (Å²) in [5, 5.41) is 11.0. The number of aromatic amines is 1. The zero-order valence-corrected chi connectivity index (χ0v) is 11.2. The van der Waals surface area contributed by atoms with E-state index in [9.17, 15) is 4.79 Å². The molecule has 0 unspecified atom stereocenters. The predicted molar refractivity (Wildman–Crippen MR) is 78.6 cm³/mol. The summed E-state index contributed by atoms with van der Waals surface area (Å²) in [7, 11) is 0. The molecule has 0 saturated heterocycles. The Morgan fingerprint density at radius 2 is 2.19 bits per heavy atom. The molecule has 0 aliphatic heterocycles. The third kappa shape index (κ3) is 2.81. The number of carbonyl (C=O) groups is 1. The van der Waals surface area contributed by atoms with Gasteiger partial charge in [-0.3, -0.25) is 9.89 Å². The maximum atomic E-state index is 12.1. The summed E-state index contributed by atoms with van der Waals surface area (Å²) in [6.45, 7) is 0.447. The van der Waals surface area contributed by atoms with Gasteiger partial charge in [-0.05, 0) is 11.5 Å². The van der Waals surface area contributed by atoms with Gasteiger partial charge < -0.3 is 11.1 Å². The molecule has 2 heterocycles. The zero-order chi connectivity index (χ0) is 14.7. The van der Waals surface area contributed by atoms with E-state index in [1.165, 1.54) is 6.33 Å². The fourth-order valence-electron chi connectivity index (χ4n) is 2.08. The van der Waals surface area contributed by atoms with Crippen molar-refractivity contribution in [3.8, 4) is 0 Å². The lowest BCUT2D eigenvalue weighted by Crippen LogP contribution is -2.27. The quantitative estimate of drug-likeness (QED) is 0.659. The number of hydrogen-bond acceptors (Lipinski definition) is 5. The van der Waals surface area contributed by atoms with Gasteiger partial charge in [0.15, 0.2) is 0 Å². The Morgan fingerprint density at radius 1 is 1.33 bits per heavy atom. The van der Waals surface area contributed by atoms with E-state index in [2.05, 4.69) is 25.5 Å². The molecule has 0 aliphatic rings. The minimum atomic E-state index is -0.257. The van der Waals surface area contributed by atoms with E-state index in [4.69, 9.17) is 5.73 Å². The number of fused-ring (bicyclic) bond motifs is 1. The number of benzene rings is 1. The van der Waals surface area contributed by atoms with Crippen LogP contribution in [0, 0.1) is 0 Å². The van der Waals surface area contributed by atoms with Gasteiger partial charge in [-0.25, -0.2) is 9.97 Å². The first-order valence-corrected chi connectivity index (χ1v) is 6.52. The lowest BCUT2D eigenvalue weighted by atomic mass is 10.1. The number of anilines is 1. The van der Waals surface area contributed by atoms with Gasteiger partial charge in [0.2, 0.25) is 0 Å². The van der Waals surface area contributed by atoms with E-state index >= 15 is 0 Å². The smallest absolute Gasteiger partial charge is 0.270 e. The van der Waals surface area contributed by atoms with Crippen LogP contribution in [0.5, 0.6) is 0 Å². The molecule has 3 aromatic rings. The van der Waals surface area contributed by atoms with Gasteiger partial charge in [-0.15, -0.1) is 0 Å². The molecular weight excluding hydrogens is 268 g/mol. The normalized spacial score (nSPS) is 10.7. The molecule has 0 atom stereocenters. The number of nitrogens with one attached hydrogen (secondary N) is 2. The predicted octanol–water partition coefficient (Wildman–Crippen LogP) is 0.908. The first-order chi connectivity index (χ1) is 10.2. The molecule has 7 nitrogen and oxygen atoms in total. The maximum Gasteiger partial charge on any atom is 0.270 e. The second kappa shape index (κ2) is 5.58. The SMILES string of the molecule is Nc1nc(C(=O)NCCc2ncn[nH]2)cc2ccccc12. The van der Waals surface area contributed by atoms with E-state index in [1.807, 2.05) is 24.3 Å². The number of nitrogens with two attached hydrogens (primary N) is 1. The average molecular weight is 282 g/mol. The zero-order valence-electron chi connectivity index (χ0n) is 11.2. The second-order valence-electron chi connectivity index (χ2n) is 4.55. The van der Waals surface area contributed by atoms with E-state index in [1.54, 1.807) is 6.07 Å². The van der Waals surface area contributed by atoms with Crippen LogP contribution >= 0.6 is 0 Å². The van der Waals surface area contributed by atoms with Gasteiger partial charge in [0.05, 0.1) is 0 Å². The molecule has 0 fully saturated rings. The number of carbonyl (C=O) groups excluding carboxylic acids is 1. The highest BCUT2D eigenvalue weighted by atomic mass is 16.1. The van der Waals surface area contributed by atoms with Crippen LogP contribution in [0.2, 0.25) is 0 Å².